The molecule has 1 saturated carbocycles. The Kier molecular flexibility index (Phi) is 4.93. The second-order valence-electron chi connectivity index (χ2n) is 5.66. The normalized spacial score (nSPS) is 24.1. The van der Waals surface area contributed by atoms with E-state index in [0.717, 1.165) is 6.42 Å². The maximum absolute atomic E-state index is 12.0. The monoisotopic (exact) mass is 279 g/mol. The van der Waals surface area contributed by atoms with Gasteiger partial charge in [0, 0.05) is 12.8 Å². The summed E-state index contributed by atoms with van der Waals surface area (Å²) < 4.78 is 10.3. The molecule has 0 bridgehead atoms. The van der Waals surface area contributed by atoms with Crippen LogP contribution in [-0.2, 0) is 19.1 Å². The molecule has 0 radical (unpaired) electrons. The average molecular weight is 279 g/mol. The van der Waals surface area contributed by atoms with Crippen LogP contribution in [-0.4, -0.2) is 24.6 Å². The van der Waals surface area contributed by atoms with E-state index >= 15 is 0 Å². The third-order valence-electron chi connectivity index (χ3n) is 3.72. The van der Waals surface area contributed by atoms with Gasteiger partial charge in [0.05, 0.1) is 24.2 Å². The van der Waals surface area contributed by atoms with Crippen LogP contribution in [0.2, 0.25) is 0 Å². The summed E-state index contributed by atoms with van der Waals surface area (Å²) in [5.41, 5.74) is -0.214. The summed E-state index contributed by atoms with van der Waals surface area (Å²) in [6.07, 6.45) is -0.00589. The lowest BCUT2D eigenvalue weighted by atomic mass is 10.0. The second kappa shape index (κ2) is 6.08. The lowest BCUT2D eigenvalue weighted by Gasteiger charge is -2.16. The number of nitriles is 1. The molecule has 3 unspecified atom stereocenters. The van der Waals surface area contributed by atoms with E-state index < -0.39 is 12.1 Å². The van der Waals surface area contributed by atoms with Gasteiger partial charge in [0.2, 0.25) is 0 Å². The summed E-state index contributed by atoms with van der Waals surface area (Å²) in [5, 5.41) is 8.97. The highest BCUT2D eigenvalue weighted by atomic mass is 16.5. The van der Waals surface area contributed by atoms with Gasteiger partial charge in [-0.15, -0.1) is 0 Å². The second-order valence-corrected chi connectivity index (χ2v) is 5.66. The maximum Gasteiger partial charge on any atom is 0.309 e. The molecular weight excluding hydrogens is 258 g/mol. The number of rotatable bonds is 6. The third kappa shape index (κ3) is 3.19. The van der Waals surface area contributed by atoms with Crippen molar-refractivity contribution < 1.29 is 19.1 Å². The summed E-state index contributed by atoms with van der Waals surface area (Å²) in [4.78, 5) is 23.2. The van der Waals surface area contributed by atoms with E-state index in [1.54, 1.807) is 0 Å². The summed E-state index contributed by atoms with van der Waals surface area (Å²) >= 11 is 0. The van der Waals surface area contributed by atoms with Crippen LogP contribution in [0, 0.1) is 28.6 Å². The van der Waals surface area contributed by atoms with Crippen LogP contribution >= 0.6 is 0 Å². The van der Waals surface area contributed by atoms with Gasteiger partial charge in [0.25, 0.3) is 0 Å². The van der Waals surface area contributed by atoms with Gasteiger partial charge in [-0.25, -0.2) is 0 Å². The molecule has 1 rings (SSSR count). The van der Waals surface area contributed by atoms with Crippen LogP contribution in [0.25, 0.3) is 0 Å². The number of esters is 2. The summed E-state index contributed by atoms with van der Waals surface area (Å²) in [7, 11) is 0. The first-order valence-electron chi connectivity index (χ1n) is 6.70. The Bertz CT molecular complexity index is 461. The lowest BCUT2D eigenvalue weighted by Crippen LogP contribution is -2.23. The molecule has 1 fully saturated rings. The van der Waals surface area contributed by atoms with E-state index in [9.17, 15) is 9.59 Å². The van der Waals surface area contributed by atoms with E-state index in [1.165, 1.54) is 6.92 Å². The molecular formula is C15H21NO4. The molecule has 0 aromatic heterocycles. The van der Waals surface area contributed by atoms with Crippen molar-refractivity contribution in [3.8, 4) is 6.07 Å². The fraction of sp³-hybridized carbons (Fsp3) is 0.667. The van der Waals surface area contributed by atoms with Gasteiger partial charge >= 0.3 is 11.9 Å². The van der Waals surface area contributed by atoms with Gasteiger partial charge in [0.1, 0.15) is 6.10 Å². The Hall–Kier alpha value is -1.83. The molecule has 0 amide bonds. The zero-order valence-corrected chi connectivity index (χ0v) is 12.4. The molecule has 0 saturated heterocycles. The van der Waals surface area contributed by atoms with Gasteiger partial charge in [0.15, 0.2) is 0 Å². The molecule has 0 N–H and O–H groups in total. The molecule has 5 nitrogen and oxygen atoms in total. The first-order chi connectivity index (χ1) is 9.27. The molecule has 5 heteroatoms. The highest BCUT2D eigenvalue weighted by molar-refractivity contribution is 5.78. The number of carbonyl (C=O) groups excluding carboxylic acids is 2. The first-order valence-corrected chi connectivity index (χ1v) is 6.70. The molecule has 110 valence electrons. The molecule has 0 aromatic carbocycles. The SMILES string of the molecule is C=C(C#N)C(OC(C)=O)C1C(C(=O)OCCC)C1(C)C. The zero-order valence-electron chi connectivity index (χ0n) is 12.4. The van der Waals surface area contributed by atoms with E-state index in [1.807, 2.05) is 26.8 Å². The molecule has 3 atom stereocenters. The van der Waals surface area contributed by atoms with Crippen molar-refractivity contribution in [1.82, 2.24) is 0 Å². The summed E-state index contributed by atoms with van der Waals surface area (Å²) in [5.74, 6) is -1.43. The maximum atomic E-state index is 12.0. The van der Waals surface area contributed by atoms with Crippen LogP contribution in [0.15, 0.2) is 12.2 Å². The highest BCUT2D eigenvalue weighted by Crippen LogP contribution is 2.61. The first kappa shape index (κ1) is 16.2. The number of hydrogen-bond donors (Lipinski definition) is 0. The molecule has 0 heterocycles. The van der Waals surface area contributed by atoms with E-state index in [2.05, 4.69) is 6.58 Å². The Morgan fingerprint density at radius 2 is 2.05 bits per heavy atom. The van der Waals surface area contributed by atoms with Crippen molar-refractivity contribution in [2.24, 2.45) is 17.3 Å². The van der Waals surface area contributed by atoms with Crippen molar-refractivity contribution in [1.29, 1.82) is 5.26 Å². The topological polar surface area (TPSA) is 76.4 Å². The predicted octanol–water partition coefficient (Wildman–Crippen LogP) is 2.22. The quantitative estimate of drug-likeness (QED) is 0.550. The fourth-order valence-corrected chi connectivity index (χ4v) is 2.59. The van der Waals surface area contributed by atoms with Crippen molar-refractivity contribution >= 4 is 11.9 Å². The molecule has 20 heavy (non-hydrogen) atoms. The Morgan fingerprint density at radius 1 is 1.45 bits per heavy atom. The van der Waals surface area contributed by atoms with Crippen LogP contribution in [0.5, 0.6) is 0 Å². The average Bonchev–Trinajstić information content (AvgIpc) is 2.94. The van der Waals surface area contributed by atoms with Crippen LogP contribution in [0.3, 0.4) is 0 Å². The Labute approximate surface area is 119 Å². The van der Waals surface area contributed by atoms with Crippen molar-refractivity contribution in [2.45, 2.75) is 40.2 Å². The summed E-state index contributed by atoms with van der Waals surface area (Å²) in [6, 6.07) is 1.91. The fourth-order valence-electron chi connectivity index (χ4n) is 2.59. The number of carbonyl (C=O) groups is 2. The van der Waals surface area contributed by atoms with Gasteiger partial charge in [-0.2, -0.15) is 5.26 Å². The molecule has 0 aliphatic heterocycles. The van der Waals surface area contributed by atoms with Gasteiger partial charge in [-0.3, -0.25) is 9.59 Å². The van der Waals surface area contributed by atoms with E-state index in [4.69, 9.17) is 14.7 Å². The zero-order chi connectivity index (χ0) is 15.5. The van der Waals surface area contributed by atoms with Crippen molar-refractivity contribution in [2.75, 3.05) is 6.61 Å². The molecule has 0 spiro atoms. The van der Waals surface area contributed by atoms with E-state index in [0.29, 0.717) is 6.61 Å². The number of ether oxygens (including phenoxy) is 2. The van der Waals surface area contributed by atoms with Gasteiger partial charge in [-0.1, -0.05) is 27.4 Å². The largest absolute Gasteiger partial charge is 0.465 e. The molecule has 1 aliphatic carbocycles. The van der Waals surface area contributed by atoms with Crippen LogP contribution in [0.4, 0.5) is 0 Å². The standard InChI is InChI=1S/C15H21NO4/c1-6-7-19-14(18)12-11(15(12,4)5)13(9(2)8-16)20-10(3)17/h11-13H,2,6-7H2,1,3-5H3. The number of hydrogen-bond acceptors (Lipinski definition) is 5. The highest BCUT2D eigenvalue weighted by Gasteiger charge is 2.67. The van der Waals surface area contributed by atoms with E-state index in [-0.39, 0.29) is 28.8 Å². The van der Waals surface area contributed by atoms with Crippen molar-refractivity contribution in [3.63, 3.8) is 0 Å². The lowest BCUT2D eigenvalue weighted by molar-refractivity contribution is -0.149. The Morgan fingerprint density at radius 3 is 2.50 bits per heavy atom. The molecule has 0 aromatic rings. The Balaban J connectivity index is 2.87. The predicted molar refractivity (Wildman–Crippen MR) is 72.3 cm³/mol. The van der Waals surface area contributed by atoms with Crippen LogP contribution < -0.4 is 0 Å². The third-order valence-corrected chi connectivity index (χ3v) is 3.72. The van der Waals surface area contributed by atoms with Crippen LogP contribution in [0.1, 0.15) is 34.1 Å². The number of nitrogens with zero attached hydrogens (tertiary/aromatic N) is 1. The van der Waals surface area contributed by atoms with Crippen molar-refractivity contribution in [3.05, 3.63) is 12.2 Å². The molecule has 1 aliphatic rings. The minimum Gasteiger partial charge on any atom is -0.465 e. The minimum absolute atomic E-state index is 0.157. The van der Waals surface area contributed by atoms with Gasteiger partial charge in [-0.05, 0) is 11.8 Å². The summed E-state index contributed by atoms with van der Waals surface area (Å²) in [6.45, 7) is 11.0. The van der Waals surface area contributed by atoms with Gasteiger partial charge < -0.3 is 9.47 Å². The smallest absolute Gasteiger partial charge is 0.309 e. The minimum atomic E-state index is -0.758.